The monoisotopic (exact) mass is 343 g/mol. The summed E-state index contributed by atoms with van der Waals surface area (Å²) in [6.45, 7) is 10.4. The molecule has 2 aromatic heterocycles. The molecule has 6 heteroatoms. The summed E-state index contributed by atoms with van der Waals surface area (Å²) in [4.78, 5) is 20.0. The van der Waals surface area contributed by atoms with Crippen molar-refractivity contribution in [3.05, 3.63) is 23.5 Å². The fourth-order valence-corrected chi connectivity index (χ4v) is 3.32. The second kappa shape index (κ2) is 7.12. The van der Waals surface area contributed by atoms with Crippen molar-refractivity contribution in [2.45, 2.75) is 58.5 Å². The van der Waals surface area contributed by atoms with Gasteiger partial charge < -0.3 is 10.2 Å². The number of amides is 1. The minimum absolute atomic E-state index is 0.00726. The zero-order valence-electron chi connectivity index (χ0n) is 15.9. The maximum absolute atomic E-state index is 13.0. The van der Waals surface area contributed by atoms with Crippen molar-refractivity contribution < 1.29 is 4.79 Å². The predicted octanol–water partition coefficient (Wildman–Crippen LogP) is 2.96. The molecule has 0 unspecified atom stereocenters. The predicted molar refractivity (Wildman–Crippen MR) is 100.0 cm³/mol. The fourth-order valence-electron chi connectivity index (χ4n) is 3.32. The molecule has 25 heavy (non-hydrogen) atoms. The van der Waals surface area contributed by atoms with E-state index in [-0.39, 0.29) is 23.9 Å². The fraction of sp³-hybridized carbons (Fsp3) is 0.632. The van der Waals surface area contributed by atoms with Crippen molar-refractivity contribution in [1.29, 1.82) is 0 Å². The average molecular weight is 343 g/mol. The first-order valence-electron chi connectivity index (χ1n) is 9.24. The van der Waals surface area contributed by atoms with Gasteiger partial charge in [0.2, 0.25) is 0 Å². The highest BCUT2D eigenvalue weighted by Gasteiger charge is 2.23. The van der Waals surface area contributed by atoms with Gasteiger partial charge in [-0.3, -0.25) is 4.79 Å². The molecule has 1 saturated heterocycles. The van der Waals surface area contributed by atoms with E-state index in [1.54, 1.807) is 6.20 Å². The molecule has 1 fully saturated rings. The Kier molecular flexibility index (Phi) is 5.08. The first-order chi connectivity index (χ1) is 11.9. The van der Waals surface area contributed by atoms with Gasteiger partial charge in [-0.2, -0.15) is 5.10 Å². The Morgan fingerprint density at radius 3 is 2.52 bits per heavy atom. The molecule has 1 aliphatic heterocycles. The van der Waals surface area contributed by atoms with Crippen LogP contribution in [0.1, 0.15) is 68.5 Å². The Hall–Kier alpha value is -1.95. The average Bonchev–Trinajstić information content (AvgIpc) is 3.00. The molecule has 0 aliphatic carbocycles. The maximum Gasteiger partial charge on any atom is 0.252 e. The van der Waals surface area contributed by atoms with E-state index in [0.29, 0.717) is 5.56 Å². The number of aromatic nitrogens is 3. The van der Waals surface area contributed by atoms with Crippen LogP contribution in [-0.4, -0.2) is 51.8 Å². The summed E-state index contributed by atoms with van der Waals surface area (Å²) < 4.78 is 1.90. The van der Waals surface area contributed by atoms with Gasteiger partial charge >= 0.3 is 0 Å². The van der Waals surface area contributed by atoms with E-state index >= 15 is 0 Å². The van der Waals surface area contributed by atoms with Crippen LogP contribution in [0.3, 0.4) is 0 Å². The molecule has 136 valence electrons. The highest BCUT2D eigenvalue weighted by molar-refractivity contribution is 6.05. The Bertz CT molecular complexity index is 757. The normalized spacial score (nSPS) is 16.9. The summed E-state index contributed by atoms with van der Waals surface area (Å²) >= 11 is 0. The summed E-state index contributed by atoms with van der Waals surface area (Å²) in [7, 11) is 2.12. The van der Waals surface area contributed by atoms with Crippen LogP contribution < -0.4 is 5.32 Å². The van der Waals surface area contributed by atoms with Gasteiger partial charge in [-0.05, 0) is 58.8 Å². The van der Waals surface area contributed by atoms with E-state index in [1.807, 2.05) is 10.7 Å². The Labute approximate surface area is 149 Å². The second-order valence-corrected chi connectivity index (χ2v) is 7.72. The molecule has 3 heterocycles. The van der Waals surface area contributed by atoms with Crippen molar-refractivity contribution in [3.63, 3.8) is 0 Å². The summed E-state index contributed by atoms with van der Waals surface area (Å²) in [5, 5.41) is 8.52. The molecule has 6 nitrogen and oxygen atoms in total. The van der Waals surface area contributed by atoms with Crippen LogP contribution in [0.25, 0.3) is 11.0 Å². The Morgan fingerprint density at radius 1 is 1.24 bits per heavy atom. The molecular formula is C19H29N5O. The first kappa shape index (κ1) is 17.9. The molecule has 0 spiro atoms. The zero-order valence-corrected chi connectivity index (χ0v) is 15.9. The minimum atomic E-state index is -0.00726. The number of rotatable bonds is 4. The third kappa shape index (κ3) is 3.68. The Morgan fingerprint density at radius 2 is 1.92 bits per heavy atom. The topological polar surface area (TPSA) is 63.1 Å². The number of carbonyl (C=O) groups excluding carboxylic acids is 1. The van der Waals surface area contributed by atoms with Gasteiger partial charge in [0.25, 0.3) is 5.91 Å². The van der Waals surface area contributed by atoms with E-state index in [0.717, 1.165) is 42.7 Å². The highest BCUT2D eigenvalue weighted by atomic mass is 16.1. The van der Waals surface area contributed by atoms with Crippen LogP contribution in [0, 0.1) is 0 Å². The molecule has 1 aliphatic rings. The van der Waals surface area contributed by atoms with Crippen LogP contribution in [0.2, 0.25) is 0 Å². The van der Waals surface area contributed by atoms with Crippen LogP contribution in [0.5, 0.6) is 0 Å². The SMILES string of the molecule is CC(C)c1cc(C(=O)NC2CCN(C)CC2)c2cnn(C(C)C)c2n1. The van der Waals surface area contributed by atoms with Crippen molar-refractivity contribution in [2.24, 2.45) is 0 Å². The standard InChI is InChI=1S/C19H29N5O/c1-12(2)17-10-15(16-11-20-24(13(3)4)18(16)22-17)19(25)21-14-6-8-23(5)9-7-14/h10-14H,6-9H2,1-5H3,(H,21,25). The number of pyridine rings is 1. The van der Waals surface area contributed by atoms with E-state index in [9.17, 15) is 4.79 Å². The van der Waals surface area contributed by atoms with Gasteiger partial charge in [0.15, 0.2) is 5.65 Å². The summed E-state index contributed by atoms with van der Waals surface area (Å²) in [5.41, 5.74) is 2.43. The lowest BCUT2D eigenvalue weighted by molar-refractivity contribution is 0.0918. The summed E-state index contributed by atoms with van der Waals surface area (Å²) in [6, 6.07) is 2.38. The number of piperidine rings is 1. The van der Waals surface area contributed by atoms with Gasteiger partial charge in [-0.1, -0.05) is 13.8 Å². The molecule has 0 bridgehead atoms. The molecule has 1 amide bonds. The van der Waals surface area contributed by atoms with Crippen LogP contribution >= 0.6 is 0 Å². The smallest absolute Gasteiger partial charge is 0.252 e. The quantitative estimate of drug-likeness (QED) is 0.927. The third-order valence-electron chi connectivity index (χ3n) is 4.97. The number of hydrogen-bond donors (Lipinski definition) is 1. The van der Waals surface area contributed by atoms with Gasteiger partial charge in [-0.25, -0.2) is 9.67 Å². The summed E-state index contributed by atoms with van der Waals surface area (Å²) in [6.07, 6.45) is 3.77. The first-order valence-corrected chi connectivity index (χ1v) is 9.24. The number of likely N-dealkylation sites (tertiary alicyclic amines) is 1. The van der Waals surface area contributed by atoms with Crippen molar-refractivity contribution in [3.8, 4) is 0 Å². The largest absolute Gasteiger partial charge is 0.349 e. The number of nitrogens with one attached hydrogen (secondary N) is 1. The molecule has 2 aromatic rings. The van der Waals surface area contributed by atoms with Crippen LogP contribution in [0.4, 0.5) is 0 Å². The van der Waals surface area contributed by atoms with Gasteiger partial charge in [0, 0.05) is 17.8 Å². The molecule has 0 radical (unpaired) electrons. The van der Waals surface area contributed by atoms with Crippen molar-refractivity contribution in [2.75, 3.05) is 20.1 Å². The minimum Gasteiger partial charge on any atom is -0.349 e. The lowest BCUT2D eigenvalue weighted by Gasteiger charge is -2.29. The molecule has 1 N–H and O–H groups in total. The zero-order chi connectivity index (χ0) is 18.1. The second-order valence-electron chi connectivity index (χ2n) is 7.72. The third-order valence-corrected chi connectivity index (χ3v) is 4.97. The van der Waals surface area contributed by atoms with E-state index in [4.69, 9.17) is 4.98 Å². The number of nitrogens with zero attached hydrogens (tertiary/aromatic N) is 4. The lowest BCUT2D eigenvalue weighted by atomic mass is 10.0. The van der Waals surface area contributed by atoms with Crippen molar-refractivity contribution >= 4 is 16.9 Å². The number of fused-ring (bicyclic) bond motifs is 1. The van der Waals surface area contributed by atoms with Gasteiger partial charge in [0.1, 0.15) is 0 Å². The highest BCUT2D eigenvalue weighted by Crippen LogP contribution is 2.24. The lowest BCUT2D eigenvalue weighted by Crippen LogP contribution is -2.43. The van der Waals surface area contributed by atoms with E-state index in [2.05, 4.69) is 50.1 Å². The van der Waals surface area contributed by atoms with Crippen molar-refractivity contribution in [1.82, 2.24) is 25.0 Å². The Balaban J connectivity index is 1.95. The maximum atomic E-state index is 13.0. The molecular weight excluding hydrogens is 314 g/mol. The molecule has 0 saturated carbocycles. The molecule has 0 aromatic carbocycles. The van der Waals surface area contributed by atoms with E-state index < -0.39 is 0 Å². The van der Waals surface area contributed by atoms with Crippen LogP contribution in [-0.2, 0) is 0 Å². The van der Waals surface area contributed by atoms with Gasteiger partial charge in [-0.15, -0.1) is 0 Å². The molecule has 3 rings (SSSR count). The number of hydrogen-bond acceptors (Lipinski definition) is 4. The number of carbonyl (C=O) groups is 1. The van der Waals surface area contributed by atoms with Gasteiger partial charge in [0.05, 0.1) is 17.1 Å². The molecule has 0 atom stereocenters. The van der Waals surface area contributed by atoms with E-state index in [1.165, 1.54) is 0 Å². The van der Waals surface area contributed by atoms with Crippen LogP contribution in [0.15, 0.2) is 12.3 Å². The summed E-state index contributed by atoms with van der Waals surface area (Å²) in [5.74, 6) is 0.252.